The monoisotopic (exact) mass is 538 g/mol. The third-order valence-corrected chi connectivity index (χ3v) is 4.25. The third-order valence-electron chi connectivity index (χ3n) is 3.47. The van der Waals surface area contributed by atoms with Crippen molar-refractivity contribution in [3.63, 3.8) is 0 Å². The van der Waals surface area contributed by atoms with Crippen LogP contribution in [0.3, 0.4) is 0 Å². The van der Waals surface area contributed by atoms with Crippen molar-refractivity contribution in [1.29, 1.82) is 0 Å². The SMILES string of the molecule is CC(=O)Oc1cc(OC(C)=O)c(Oc2cc(OC(C)=O)c(Br)c(OC(C)=O)c2)c(OC(C)=O)c1. The topological polar surface area (TPSA) is 141 Å². The van der Waals surface area contributed by atoms with Gasteiger partial charge in [0, 0.05) is 58.9 Å². The zero-order valence-corrected chi connectivity index (χ0v) is 20.3. The van der Waals surface area contributed by atoms with Crippen LogP contribution >= 0.6 is 15.9 Å². The Morgan fingerprint density at radius 2 is 0.853 bits per heavy atom. The molecule has 2 aromatic rings. The maximum absolute atomic E-state index is 11.7. The molecule has 12 heteroatoms. The van der Waals surface area contributed by atoms with Gasteiger partial charge in [0.1, 0.15) is 16.0 Å². The van der Waals surface area contributed by atoms with Crippen LogP contribution in [0.2, 0.25) is 0 Å². The second-order valence-electron chi connectivity index (χ2n) is 6.55. The summed E-state index contributed by atoms with van der Waals surface area (Å²) in [5, 5.41) is 0. The molecule has 0 aliphatic carbocycles. The molecule has 0 saturated heterocycles. The lowest BCUT2D eigenvalue weighted by molar-refractivity contribution is -0.133. The Balaban J connectivity index is 2.70. The van der Waals surface area contributed by atoms with E-state index in [0.717, 1.165) is 34.6 Å². The Kier molecular flexibility index (Phi) is 8.73. The number of carbonyl (C=O) groups is 5. The van der Waals surface area contributed by atoms with Crippen LogP contribution in [0.4, 0.5) is 0 Å². The summed E-state index contributed by atoms with van der Waals surface area (Å²) in [5.41, 5.74) is 0. The fraction of sp³-hybridized carbons (Fsp3) is 0.227. The zero-order valence-electron chi connectivity index (χ0n) is 18.7. The van der Waals surface area contributed by atoms with Crippen LogP contribution in [0.25, 0.3) is 0 Å². The molecule has 0 aliphatic rings. The van der Waals surface area contributed by atoms with E-state index in [1.807, 2.05) is 0 Å². The number of esters is 5. The Morgan fingerprint density at radius 1 is 0.529 bits per heavy atom. The van der Waals surface area contributed by atoms with Crippen LogP contribution in [0.15, 0.2) is 28.7 Å². The molecule has 0 bridgehead atoms. The summed E-state index contributed by atoms with van der Waals surface area (Å²) >= 11 is 3.19. The van der Waals surface area contributed by atoms with Gasteiger partial charge in [-0.3, -0.25) is 24.0 Å². The summed E-state index contributed by atoms with van der Waals surface area (Å²) < 4.78 is 31.5. The summed E-state index contributed by atoms with van der Waals surface area (Å²) in [7, 11) is 0. The molecule has 11 nitrogen and oxygen atoms in total. The van der Waals surface area contributed by atoms with Crippen LogP contribution < -0.4 is 28.4 Å². The van der Waals surface area contributed by atoms with Gasteiger partial charge in [-0.05, 0) is 15.9 Å². The fourth-order valence-electron chi connectivity index (χ4n) is 2.52. The highest BCUT2D eigenvalue weighted by molar-refractivity contribution is 9.10. The molecule has 180 valence electrons. The molecule has 34 heavy (non-hydrogen) atoms. The zero-order chi connectivity index (χ0) is 25.6. The molecular weight excluding hydrogens is 520 g/mol. The van der Waals surface area contributed by atoms with Crippen molar-refractivity contribution < 1.29 is 52.4 Å². The minimum atomic E-state index is -0.754. The molecule has 0 N–H and O–H groups in total. The Hall–Kier alpha value is -3.93. The van der Waals surface area contributed by atoms with Gasteiger partial charge in [-0.1, -0.05) is 0 Å². The molecule has 2 aromatic carbocycles. The van der Waals surface area contributed by atoms with Gasteiger partial charge in [0.15, 0.2) is 23.0 Å². The number of rotatable bonds is 7. The number of hydrogen-bond acceptors (Lipinski definition) is 11. The van der Waals surface area contributed by atoms with Gasteiger partial charge in [-0.2, -0.15) is 0 Å². The highest BCUT2D eigenvalue weighted by Gasteiger charge is 2.23. The van der Waals surface area contributed by atoms with Crippen molar-refractivity contribution >= 4 is 45.8 Å². The second kappa shape index (κ2) is 11.3. The van der Waals surface area contributed by atoms with Crippen LogP contribution in [0.1, 0.15) is 34.6 Å². The molecule has 0 saturated carbocycles. The van der Waals surface area contributed by atoms with E-state index in [4.69, 9.17) is 28.4 Å². The van der Waals surface area contributed by atoms with Gasteiger partial charge in [-0.25, -0.2) is 0 Å². The standard InChI is InChI=1S/C22H19BrO11/c1-10(24)29-15-8-19(32-13(4)27)22(20(9-15)33-14(5)28)34-16-6-17(30-11(2)25)21(23)18(7-16)31-12(3)26/h6-9H,1-5H3. The number of halogens is 1. The van der Waals surface area contributed by atoms with Gasteiger partial charge < -0.3 is 28.4 Å². The van der Waals surface area contributed by atoms with E-state index >= 15 is 0 Å². The molecule has 0 aromatic heterocycles. The van der Waals surface area contributed by atoms with Gasteiger partial charge in [0.05, 0.1) is 0 Å². The van der Waals surface area contributed by atoms with E-state index in [-0.39, 0.29) is 44.7 Å². The molecule has 0 heterocycles. The number of carbonyl (C=O) groups excluding carboxylic acids is 5. The molecule has 2 rings (SSSR count). The predicted octanol–water partition coefficient (Wildman–Crippen LogP) is 3.87. The molecule has 0 spiro atoms. The van der Waals surface area contributed by atoms with Crippen LogP contribution in [-0.4, -0.2) is 29.8 Å². The van der Waals surface area contributed by atoms with Gasteiger partial charge >= 0.3 is 29.8 Å². The van der Waals surface area contributed by atoms with E-state index in [2.05, 4.69) is 15.9 Å². The first-order valence-electron chi connectivity index (χ1n) is 9.47. The lowest BCUT2D eigenvalue weighted by atomic mass is 10.2. The second-order valence-corrected chi connectivity index (χ2v) is 7.35. The fourth-order valence-corrected chi connectivity index (χ4v) is 2.91. The average molecular weight is 539 g/mol. The minimum Gasteiger partial charge on any atom is -0.449 e. The van der Waals surface area contributed by atoms with Crippen molar-refractivity contribution in [2.24, 2.45) is 0 Å². The largest absolute Gasteiger partial charge is 0.449 e. The smallest absolute Gasteiger partial charge is 0.308 e. The van der Waals surface area contributed by atoms with Gasteiger partial charge in [0.2, 0.25) is 5.75 Å². The molecule has 0 radical (unpaired) electrons. The summed E-state index contributed by atoms with van der Waals surface area (Å²) in [6.45, 7) is 5.71. The average Bonchev–Trinajstić information content (AvgIpc) is 2.65. The van der Waals surface area contributed by atoms with Crippen molar-refractivity contribution in [3.8, 4) is 40.2 Å². The van der Waals surface area contributed by atoms with Crippen molar-refractivity contribution in [1.82, 2.24) is 0 Å². The molecule has 0 atom stereocenters. The maximum Gasteiger partial charge on any atom is 0.308 e. The van der Waals surface area contributed by atoms with Crippen molar-refractivity contribution in [2.45, 2.75) is 34.6 Å². The minimum absolute atomic E-state index is 0.0548. The maximum atomic E-state index is 11.7. The molecule has 0 fully saturated rings. The van der Waals surface area contributed by atoms with Crippen molar-refractivity contribution in [3.05, 3.63) is 28.7 Å². The lowest BCUT2D eigenvalue weighted by Crippen LogP contribution is -2.09. The van der Waals surface area contributed by atoms with E-state index in [1.165, 1.54) is 24.3 Å². The Labute approximate surface area is 201 Å². The molecule has 0 aliphatic heterocycles. The first-order chi connectivity index (χ1) is 15.8. The van der Waals surface area contributed by atoms with Crippen LogP contribution in [-0.2, 0) is 24.0 Å². The normalized spacial score (nSPS) is 10.1. The number of benzene rings is 2. The highest BCUT2D eigenvalue weighted by Crippen LogP contribution is 2.46. The summed E-state index contributed by atoms with van der Waals surface area (Å²) in [4.78, 5) is 57.7. The molecule has 0 unspecified atom stereocenters. The van der Waals surface area contributed by atoms with E-state index in [9.17, 15) is 24.0 Å². The quantitative estimate of drug-likeness (QED) is 0.374. The first kappa shape index (κ1) is 26.3. The third kappa shape index (κ3) is 7.59. The number of ether oxygens (including phenoxy) is 6. The van der Waals surface area contributed by atoms with Gasteiger partial charge in [0.25, 0.3) is 0 Å². The highest BCUT2D eigenvalue weighted by atomic mass is 79.9. The van der Waals surface area contributed by atoms with Crippen molar-refractivity contribution in [2.75, 3.05) is 0 Å². The molecular formula is C22H19BrO11. The lowest BCUT2D eigenvalue weighted by Gasteiger charge is -2.17. The Bertz CT molecular complexity index is 1100. The Morgan fingerprint density at radius 3 is 1.21 bits per heavy atom. The van der Waals surface area contributed by atoms with E-state index in [1.54, 1.807) is 0 Å². The summed E-state index contributed by atoms with van der Waals surface area (Å²) in [5.74, 6) is -4.55. The van der Waals surface area contributed by atoms with E-state index in [0.29, 0.717) is 0 Å². The van der Waals surface area contributed by atoms with E-state index < -0.39 is 29.8 Å². The predicted molar refractivity (Wildman–Crippen MR) is 117 cm³/mol. The van der Waals surface area contributed by atoms with Crippen LogP contribution in [0, 0.1) is 0 Å². The van der Waals surface area contributed by atoms with Crippen LogP contribution in [0.5, 0.6) is 40.2 Å². The summed E-state index contributed by atoms with van der Waals surface area (Å²) in [6, 6.07) is 4.88. The molecule has 0 amide bonds. The number of hydrogen-bond donors (Lipinski definition) is 0. The summed E-state index contributed by atoms with van der Waals surface area (Å²) in [6.07, 6.45) is 0. The van der Waals surface area contributed by atoms with Gasteiger partial charge in [-0.15, -0.1) is 0 Å². The first-order valence-corrected chi connectivity index (χ1v) is 10.3.